The zero-order valence-electron chi connectivity index (χ0n) is 13.9. The van der Waals surface area contributed by atoms with Crippen LogP contribution in [-0.2, 0) is 11.2 Å². The van der Waals surface area contributed by atoms with Crippen molar-refractivity contribution in [2.24, 2.45) is 0 Å². The minimum absolute atomic E-state index is 0.0356. The van der Waals surface area contributed by atoms with Gasteiger partial charge >= 0.3 is 0 Å². The second-order valence-corrected chi connectivity index (χ2v) is 6.92. The number of carbonyl (C=O) groups is 1. The molecule has 1 amide bonds. The molecular formula is C21H16BrN3O. The molecule has 3 aromatic carbocycles. The summed E-state index contributed by atoms with van der Waals surface area (Å²) in [4.78, 5) is 16.7. The molecule has 4 rings (SSSR count). The molecule has 4 aromatic rings. The van der Waals surface area contributed by atoms with Crippen LogP contribution in [-0.4, -0.2) is 15.5 Å². The van der Waals surface area contributed by atoms with Crippen molar-refractivity contribution in [1.29, 1.82) is 0 Å². The van der Waals surface area contributed by atoms with Crippen molar-refractivity contribution in [1.82, 2.24) is 9.55 Å². The average Bonchev–Trinajstić information content (AvgIpc) is 3.05. The van der Waals surface area contributed by atoms with E-state index in [4.69, 9.17) is 0 Å². The van der Waals surface area contributed by atoms with Gasteiger partial charge in [-0.2, -0.15) is 0 Å². The molecule has 0 saturated carbocycles. The summed E-state index contributed by atoms with van der Waals surface area (Å²) in [5.74, 6) is -0.0356. The number of nitrogens with zero attached hydrogens (tertiary/aromatic N) is 2. The van der Waals surface area contributed by atoms with Crippen LogP contribution >= 0.6 is 15.9 Å². The Balaban J connectivity index is 1.58. The van der Waals surface area contributed by atoms with E-state index in [1.54, 1.807) is 6.33 Å². The van der Waals surface area contributed by atoms with E-state index in [9.17, 15) is 4.79 Å². The second-order valence-electron chi connectivity index (χ2n) is 6.01. The van der Waals surface area contributed by atoms with Crippen LogP contribution in [0.2, 0.25) is 0 Å². The van der Waals surface area contributed by atoms with E-state index in [-0.39, 0.29) is 5.91 Å². The topological polar surface area (TPSA) is 46.9 Å². The van der Waals surface area contributed by atoms with E-state index >= 15 is 0 Å². The lowest BCUT2D eigenvalue weighted by Gasteiger charge is -2.09. The Morgan fingerprint density at radius 1 is 1.00 bits per heavy atom. The number of imidazole rings is 1. The second kappa shape index (κ2) is 7.14. The molecule has 0 radical (unpaired) electrons. The Labute approximate surface area is 159 Å². The predicted octanol–water partition coefficient (Wildman–Crippen LogP) is 4.97. The number of benzene rings is 3. The molecule has 0 spiro atoms. The number of hydrogen-bond donors (Lipinski definition) is 1. The normalized spacial score (nSPS) is 10.8. The first-order valence-corrected chi connectivity index (χ1v) is 9.05. The Bertz CT molecular complexity index is 1070. The van der Waals surface area contributed by atoms with Crippen molar-refractivity contribution >= 4 is 38.6 Å². The van der Waals surface area contributed by atoms with E-state index < -0.39 is 0 Å². The first-order valence-electron chi connectivity index (χ1n) is 8.26. The highest BCUT2D eigenvalue weighted by molar-refractivity contribution is 9.10. The summed E-state index contributed by atoms with van der Waals surface area (Å²) in [6, 6.07) is 23.5. The molecule has 0 aliphatic rings. The SMILES string of the molecule is O=C(Cc1ccccc1)Nc1cccc(-n2cnc3ccc(Br)cc32)c1. The molecule has 0 aliphatic carbocycles. The minimum atomic E-state index is -0.0356. The van der Waals surface area contributed by atoms with Crippen LogP contribution in [0.25, 0.3) is 16.7 Å². The van der Waals surface area contributed by atoms with Crippen molar-refractivity contribution in [2.75, 3.05) is 5.32 Å². The Morgan fingerprint density at radius 3 is 2.69 bits per heavy atom. The number of amides is 1. The molecule has 1 heterocycles. The highest BCUT2D eigenvalue weighted by Crippen LogP contribution is 2.23. The number of fused-ring (bicyclic) bond motifs is 1. The summed E-state index contributed by atoms with van der Waals surface area (Å²) >= 11 is 3.50. The molecular weight excluding hydrogens is 390 g/mol. The highest BCUT2D eigenvalue weighted by Gasteiger charge is 2.08. The average molecular weight is 406 g/mol. The van der Waals surface area contributed by atoms with Gasteiger partial charge in [-0.15, -0.1) is 0 Å². The van der Waals surface area contributed by atoms with E-state index in [2.05, 4.69) is 26.2 Å². The summed E-state index contributed by atoms with van der Waals surface area (Å²) in [5.41, 5.74) is 4.63. The van der Waals surface area contributed by atoms with Gasteiger partial charge in [0.1, 0.15) is 6.33 Å². The molecule has 0 atom stereocenters. The molecule has 0 aliphatic heterocycles. The molecule has 5 heteroatoms. The predicted molar refractivity (Wildman–Crippen MR) is 108 cm³/mol. The molecule has 0 saturated heterocycles. The third kappa shape index (κ3) is 3.53. The van der Waals surface area contributed by atoms with Crippen LogP contribution in [0.3, 0.4) is 0 Å². The van der Waals surface area contributed by atoms with Gasteiger partial charge in [0, 0.05) is 15.8 Å². The number of nitrogens with one attached hydrogen (secondary N) is 1. The molecule has 128 valence electrons. The fourth-order valence-corrected chi connectivity index (χ4v) is 3.26. The lowest BCUT2D eigenvalue weighted by Crippen LogP contribution is -2.14. The minimum Gasteiger partial charge on any atom is -0.326 e. The number of hydrogen-bond acceptors (Lipinski definition) is 2. The van der Waals surface area contributed by atoms with Gasteiger partial charge in [0.2, 0.25) is 5.91 Å². The molecule has 0 fully saturated rings. The third-order valence-corrected chi connectivity index (χ3v) is 4.62. The standard InChI is InChI=1S/C21H16BrN3O/c22-16-9-10-19-20(12-16)25(14-23-19)18-8-4-7-17(13-18)24-21(26)11-15-5-2-1-3-6-15/h1-10,12-14H,11H2,(H,24,26). The third-order valence-electron chi connectivity index (χ3n) is 4.12. The van der Waals surface area contributed by atoms with E-state index in [1.807, 2.05) is 77.4 Å². The maximum atomic E-state index is 12.3. The Kier molecular flexibility index (Phi) is 4.54. The number of rotatable bonds is 4. The summed E-state index contributed by atoms with van der Waals surface area (Å²) < 4.78 is 3.01. The lowest BCUT2D eigenvalue weighted by atomic mass is 10.1. The van der Waals surface area contributed by atoms with Crippen LogP contribution in [0.1, 0.15) is 5.56 Å². The van der Waals surface area contributed by atoms with Gasteiger partial charge in [0.15, 0.2) is 0 Å². The van der Waals surface area contributed by atoms with Gasteiger partial charge in [-0.3, -0.25) is 9.36 Å². The van der Waals surface area contributed by atoms with Gasteiger partial charge in [0.25, 0.3) is 0 Å². The van der Waals surface area contributed by atoms with Crippen LogP contribution < -0.4 is 5.32 Å². The molecule has 4 nitrogen and oxygen atoms in total. The summed E-state index contributed by atoms with van der Waals surface area (Å²) in [6.07, 6.45) is 2.15. The molecule has 1 aromatic heterocycles. The largest absolute Gasteiger partial charge is 0.326 e. The van der Waals surface area contributed by atoms with Crippen LogP contribution in [0, 0.1) is 0 Å². The molecule has 1 N–H and O–H groups in total. The van der Waals surface area contributed by atoms with Gasteiger partial charge in [-0.25, -0.2) is 4.98 Å². The number of carbonyl (C=O) groups excluding carboxylic acids is 1. The smallest absolute Gasteiger partial charge is 0.228 e. The molecule has 0 bridgehead atoms. The van der Waals surface area contributed by atoms with E-state index in [0.717, 1.165) is 32.4 Å². The Morgan fingerprint density at radius 2 is 1.85 bits per heavy atom. The monoisotopic (exact) mass is 405 g/mol. The van der Waals surface area contributed by atoms with Crippen molar-refractivity contribution in [3.63, 3.8) is 0 Å². The molecule has 26 heavy (non-hydrogen) atoms. The summed E-state index contributed by atoms with van der Waals surface area (Å²) in [6.45, 7) is 0. The number of anilines is 1. The van der Waals surface area contributed by atoms with Gasteiger partial charge in [0.05, 0.1) is 17.5 Å². The van der Waals surface area contributed by atoms with Crippen LogP contribution in [0.4, 0.5) is 5.69 Å². The quantitative estimate of drug-likeness (QED) is 0.520. The van der Waals surface area contributed by atoms with Crippen molar-refractivity contribution in [3.05, 3.63) is 89.2 Å². The van der Waals surface area contributed by atoms with Gasteiger partial charge in [-0.05, 0) is 42.0 Å². The zero-order valence-corrected chi connectivity index (χ0v) is 15.5. The first kappa shape index (κ1) is 16.5. The van der Waals surface area contributed by atoms with Gasteiger partial charge in [-0.1, -0.05) is 52.3 Å². The van der Waals surface area contributed by atoms with E-state index in [1.165, 1.54) is 0 Å². The maximum Gasteiger partial charge on any atom is 0.228 e. The lowest BCUT2D eigenvalue weighted by molar-refractivity contribution is -0.115. The number of halogens is 1. The van der Waals surface area contributed by atoms with Gasteiger partial charge < -0.3 is 5.32 Å². The van der Waals surface area contributed by atoms with Crippen LogP contribution in [0.15, 0.2) is 83.6 Å². The van der Waals surface area contributed by atoms with Crippen molar-refractivity contribution in [3.8, 4) is 5.69 Å². The van der Waals surface area contributed by atoms with Crippen molar-refractivity contribution < 1.29 is 4.79 Å². The van der Waals surface area contributed by atoms with Crippen LogP contribution in [0.5, 0.6) is 0 Å². The highest BCUT2D eigenvalue weighted by atomic mass is 79.9. The van der Waals surface area contributed by atoms with E-state index in [0.29, 0.717) is 6.42 Å². The summed E-state index contributed by atoms with van der Waals surface area (Å²) in [5, 5.41) is 2.97. The fourth-order valence-electron chi connectivity index (χ4n) is 2.91. The molecule has 0 unspecified atom stereocenters. The zero-order chi connectivity index (χ0) is 17.9. The number of aromatic nitrogens is 2. The Hall–Kier alpha value is -2.92. The van der Waals surface area contributed by atoms with Crippen molar-refractivity contribution in [2.45, 2.75) is 6.42 Å². The maximum absolute atomic E-state index is 12.3. The summed E-state index contributed by atoms with van der Waals surface area (Å²) in [7, 11) is 0. The first-order chi connectivity index (χ1) is 12.7. The fraction of sp³-hybridized carbons (Fsp3) is 0.0476.